The number of carbonyl (C=O) groups is 2. The Morgan fingerprint density at radius 3 is 2.18 bits per heavy atom. The second kappa shape index (κ2) is 3.03. The first-order valence-electron chi connectivity index (χ1n) is 6.70. The first kappa shape index (κ1) is 9.92. The van der Waals surface area contributed by atoms with E-state index in [1.807, 2.05) is 0 Å². The lowest BCUT2D eigenvalue weighted by molar-refractivity contribution is -0.140. The van der Waals surface area contributed by atoms with E-state index >= 15 is 0 Å². The quantitative estimate of drug-likeness (QED) is 0.762. The van der Waals surface area contributed by atoms with Gasteiger partial charge in [-0.15, -0.1) is 0 Å². The van der Waals surface area contributed by atoms with Gasteiger partial charge in [0, 0.05) is 6.04 Å². The van der Waals surface area contributed by atoms with Crippen LogP contribution in [0.3, 0.4) is 0 Å². The number of hydrogen-bond acceptors (Lipinski definition) is 2. The lowest BCUT2D eigenvalue weighted by Gasteiger charge is -2.10. The fourth-order valence-corrected chi connectivity index (χ4v) is 4.55. The SMILES string of the molecule is O=C(O)C1CC1C(=O)NC1C2C3CCC(C3)C12. The summed E-state index contributed by atoms with van der Waals surface area (Å²) in [6, 6.07) is 0.392. The van der Waals surface area contributed by atoms with Gasteiger partial charge in [0.05, 0.1) is 11.8 Å². The molecule has 0 heterocycles. The first-order valence-corrected chi connectivity index (χ1v) is 6.70. The van der Waals surface area contributed by atoms with Crippen molar-refractivity contribution in [3.63, 3.8) is 0 Å². The van der Waals surface area contributed by atoms with Crippen molar-refractivity contribution in [1.29, 1.82) is 0 Å². The highest BCUT2D eigenvalue weighted by atomic mass is 16.4. The number of amides is 1. The van der Waals surface area contributed by atoms with Gasteiger partial charge in [0.15, 0.2) is 0 Å². The summed E-state index contributed by atoms with van der Waals surface area (Å²) in [4.78, 5) is 22.6. The van der Waals surface area contributed by atoms with Gasteiger partial charge in [-0.25, -0.2) is 0 Å². The molecule has 17 heavy (non-hydrogen) atoms. The Labute approximate surface area is 99.8 Å². The van der Waals surface area contributed by atoms with Gasteiger partial charge < -0.3 is 10.4 Å². The molecular weight excluding hydrogens is 218 g/mol. The Bertz CT molecular complexity index is 391. The van der Waals surface area contributed by atoms with Gasteiger partial charge in [0.25, 0.3) is 0 Å². The standard InChI is InChI=1S/C13H17NO3/c15-12(7-4-8(7)13(16)17)14-11-9-5-1-2-6(3-5)10(9)11/h5-11H,1-4H2,(H,14,15)(H,16,17). The molecule has 6 unspecified atom stereocenters. The van der Waals surface area contributed by atoms with Gasteiger partial charge in [-0.1, -0.05) is 0 Å². The van der Waals surface area contributed by atoms with E-state index in [1.54, 1.807) is 0 Å². The van der Waals surface area contributed by atoms with Crippen LogP contribution < -0.4 is 5.32 Å². The van der Waals surface area contributed by atoms with Crippen LogP contribution in [0, 0.1) is 35.5 Å². The number of hydrogen-bond donors (Lipinski definition) is 2. The number of aliphatic carboxylic acids is 1. The van der Waals surface area contributed by atoms with Crippen LogP contribution in [0.2, 0.25) is 0 Å². The smallest absolute Gasteiger partial charge is 0.307 e. The van der Waals surface area contributed by atoms with Gasteiger partial charge in [0.1, 0.15) is 0 Å². The lowest BCUT2D eigenvalue weighted by atomic mass is 10.0. The monoisotopic (exact) mass is 235 g/mol. The van der Waals surface area contributed by atoms with Crippen LogP contribution in [0.4, 0.5) is 0 Å². The Morgan fingerprint density at radius 1 is 1.00 bits per heavy atom. The van der Waals surface area contributed by atoms with Crippen molar-refractivity contribution >= 4 is 11.9 Å². The molecule has 0 aromatic carbocycles. The Kier molecular flexibility index (Phi) is 1.77. The highest BCUT2D eigenvalue weighted by molar-refractivity contribution is 5.89. The van der Waals surface area contributed by atoms with Crippen LogP contribution in [0.15, 0.2) is 0 Å². The molecule has 0 aromatic rings. The van der Waals surface area contributed by atoms with Crippen molar-refractivity contribution in [2.45, 2.75) is 31.7 Å². The van der Waals surface area contributed by atoms with Gasteiger partial charge in [-0.2, -0.15) is 0 Å². The van der Waals surface area contributed by atoms with Crippen molar-refractivity contribution < 1.29 is 14.7 Å². The number of carboxylic acids is 1. The molecule has 4 rings (SSSR count). The van der Waals surface area contributed by atoms with Gasteiger partial charge in [-0.05, 0) is 49.4 Å². The molecule has 0 aliphatic heterocycles. The Hall–Kier alpha value is -1.06. The van der Waals surface area contributed by atoms with Crippen LogP contribution in [-0.2, 0) is 9.59 Å². The maximum Gasteiger partial charge on any atom is 0.307 e. The fraction of sp³-hybridized carbons (Fsp3) is 0.846. The van der Waals surface area contributed by atoms with Crippen molar-refractivity contribution in [2.24, 2.45) is 35.5 Å². The molecule has 2 bridgehead atoms. The second-order valence-corrected chi connectivity index (χ2v) is 6.31. The van der Waals surface area contributed by atoms with E-state index in [1.165, 1.54) is 19.3 Å². The number of rotatable bonds is 3. The maximum absolute atomic E-state index is 11.9. The van der Waals surface area contributed by atoms with E-state index in [4.69, 9.17) is 5.11 Å². The maximum atomic E-state index is 11.9. The zero-order valence-corrected chi connectivity index (χ0v) is 9.63. The molecule has 0 saturated heterocycles. The van der Waals surface area contributed by atoms with Crippen molar-refractivity contribution in [3.05, 3.63) is 0 Å². The third kappa shape index (κ3) is 1.30. The average molecular weight is 235 g/mol. The zero-order valence-electron chi connectivity index (χ0n) is 9.63. The van der Waals surface area contributed by atoms with E-state index < -0.39 is 11.9 Å². The molecule has 4 saturated carbocycles. The summed E-state index contributed by atoms with van der Waals surface area (Å²) < 4.78 is 0. The molecule has 4 nitrogen and oxygen atoms in total. The summed E-state index contributed by atoms with van der Waals surface area (Å²) in [5, 5.41) is 11.9. The van der Waals surface area contributed by atoms with Crippen molar-refractivity contribution in [3.8, 4) is 0 Å². The number of carboxylic acid groups (broad SMARTS) is 1. The molecule has 92 valence electrons. The number of carbonyl (C=O) groups excluding carboxylic acids is 1. The third-order valence-electron chi connectivity index (χ3n) is 5.49. The molecule has 1 amide bonds. The van der Waals surface area contributed by atoms with E-state index in [2.05, 4.69) is 5.32 Å². The molecule has 0 aromatic heterocycles. The van der Waals surface area contributed by atoms with Crippen molar-refractivity contribution in [2.75, 3.05) is 0 Å². The summed E-state index contributed by atoms with van der Waals surface area (Å²) in [5.74, 6) is 1.70. The summed E-state index contributed by atoms with van der Waals surface area (Å²) in [6.07, 6.45) is 4.61. The molecule has 4 fully saturated rings. The molecule has 4 aliphatic rings. The molecular formula is C13H17NO3. The third-order valence-corrected chi connectivity index (χ3v) is 5.49. The van der Waals surface area contributed by atoms with Crippen LogP contribution >= 0.6 is 0 Å². The van der Waals surface area contributed by atoms with Crippen LogP contribution in [-0.4, -0.2) is 23.0 Å². The first-order chi connectivity index (χ1) is 8.16. The minimum Gasteiger partial charge on any atom is -0.481 e. The highest BCUT2D eigenvalue weighted by Gasteiger charge is 2.66. The van der Waals surface area contributed by atoms with Gasteiger partial charge >= 0.3 is 5.97 Å². The zero-order chi connectivity index (χ0) is 11.7. The fourth-order valence-electron chi connectivity index (χ4n) is 4.55. The van der Waals surface area contributed by atoms with Crippen molar-refractivity contribution in [1.82, 2.24) is 5.32 Å². The van der Waals surface area contributed by atoms with E-state index in [9.17, 15) is 9.59 Å². The minimum absolute atomic E-state index is 0.00352. The summed E-state index contributed by atoms with van der Waals surface area (Å²) >= 11 is 0. The van der Waals surface area contributed by atoms with E-state index in [-0.39, 0.29) is 11.8 Å². The normalized spacial score (nSPS) is 53.1. The summed E-state index contributed by atoms with van der Waals surface area (Å²) in [5.41, 5.74) is 0. The average Bonchev–Trinajstić information content (AvgIpc) is 3.15. The van der Waals surface area contributed by atoms with Gasteiger partial charge in [-0.3, -0.25) is 9.59 Å². The molecule has 4 heteroatoms. The number of nitrogens with one attached hydrogen (secondary N) is 1. The van der Waals surface area contributed by atoms with E-state index in [0.717, 1.165) is 23.7 Å². The minimum atomic E-state index is -0.818. The topological polar surface area (TPSA) is 66.4 Å². The Balaban J connectivity index is 1.35. The molecule has 2 N–H and O–H groups in total. The van der Waals surface area contributed by atoms with Crippen LogP contribution in [0.1, 0.15) is 25.7 Å². The van der Waals surface area contributed by atoms with Gasteiger partial charge in [0.2, 0.25) is 5.91 Å². The molecule has 0 spiro atoms. The van der Waals surface area contributed by atoms with E-state index in [0.29, 0.717) is 12.5 Å². The Morgan fingerprint density at radius 2 is 1.65 bits per heavy atom. The number of fused-ring (bicyclic) bond motifs is 5. The second-order valence-electron chi connectivity index (χ2n) is 6.31. The predicted octanol–water partition coefficient (Wildman–Crippen LogP) is 0.868. The predicted molar refractivity (Wildman–Crippen MR) is 59.0 cm³/mol. The molecule has 6 atom stereocenters. The molecule has 0 radical (unpaired) electrons. The highest BCUT2D eigenvalue weighted by Crippen LogP contribution is 2.65. The summed E-state index contributed by atoms with van der Waals surface area (Å²) in [6.45, 7) is 0. The largest absolute Gasteiger partial charge is 0.481 e. The summed E-state index contributed by atoms with van der Waals surface area (Å²) in [7, 11) is 0. The van der Waals surface area contributed by atoms with Crippen LogP contribution in [0.5, 0.6) is 0 Å². The van der Waals surface area contributed by atoms with Crippen LogP contribution in [0.25, 0.3) is 0 Å². The lowest BCUT2D eigenvalue weighted by Crippen LogP contribution is -2.32. The molecule has 4 aliphatic carbocycles.